The maximum Gasteiger partial charge on any atom is 0.247 e. The van der Waals surface area contributed by atoms with E-state index >= 15 is 0 Å². The van der Waals surface area contributed by atoms with Crippen LogP contribution in [0.4, 0.5) is 0 Å². The van der Waals surface area contributed by atoms with Gasteiger partial charge in [0.2, 0.25) is 5.91 Å². The van der Waals surface area contributed by atoms with E-state index in [1.165, 1.54) is 0 Å². The second-order valence-electron chi connectivity index (χ2n) is 6.27. The fourth-order valence-electron chi connectivity index (χ4n) is 2.89. The van der Waals surface area contributed by atoms with Gasteiger partial charge in [0.15, 0.2) is 0 Å². The van der Waals surface area contributed by atoms with E-state index in [4.69, 9.17) is 10.5 Å². The monoisotopic (exact) mass is 392 g/mol. The summed E-state index contributed by atoms with van der Waals surface area (Å²) in [6.45, 7) is 3.27. The van der Waals surface area contributed by atoms with Gasteiger partial charge >= 0.3 is 0 Å². The van der Waals surface area contributed by atoms with Gasteiger partial charge in [0.1, 0.15) is 11.6 Å². The van der Waals surface area contributed by atoms with Gasteiger partial charge in [-0.15, -0.1) is 0 Å². The van der Waals surface area contributed by atoms with Crippen LogP contribution in [0.15, 0.2) is 41.1 Å². The van der Waals surface area contributed by atoms with Crippen LogP contribution >= 0.6 is 15.9 Å². The predicted octanol–water partition coefficient (Wildman–Crippen LogP) is 1.96. The van der Waals surface area contributed by atoms with Crippen molar-refractivity contribution in [3.05, 3.63) is 52.3 Å². The summed E-state index contributed by atoms with van der Waals surface area (Å²) in [6, 6.07) is 7.54. The van der Waals surface area contributed by atoms with Crippen molar-refractivity contribution in [2.75, 3.05) is 19.7 Å². The number of nitrogens with zero attached hydrogens (tertiary/aromatic N) is 3. The molecule has 0 bridgehead atoms. The van der Waals surface area contributed by atoms with E-state index in [0.29, 0.717) is 19.7 Å². The molecular weight excluding hydrogens is 372 g/mol. The van der Waals surface area contributed by atoms with E-state index in [0.717, 1.165) is 15.6 Å². The second kappa shape index (κ2) is 6.66. The number of rotatable bonds is 3. The number of carbonyl (C=O) groups is 1. The minimum atomic E-state index is -1.07. The Morgan fingerprint density at radius 2 is 2.12 bits per heavy atom. The smallest absolute Gasteiger partial charge is 0.247 e. The number of hydrogen-bond acceptors (Lipinski definition) is 4. The van der Waals surface area contributed by atoms with E-state index in [2.05, 4.69) is 21.0 Å². The van der Waals surface area contributed by atoms with Crippen molar-refractivity contribution < 1.29 is 9.53 Å². The molecule has 6 nitrogen and oxygen atoms in total. The highest BCUT2D eigenvalue weighted by molar-refractivity contribution is 9.10. The number of hydrogen-bond donors (Lipinski definition) is 1. The van der Waals surface area contributed by atoms with Crippen molar-refractivity contribution in [2.24, 2.45) is 12.8 Å². The molecule has 2 unspecified atom stereocenters. The molecule has 0 aliphatic carbocycles. The van der Waals surface area contributed by atoms with Crippen LogP contribution in [0.5, 0.6) is 0 Å². The Morgan fingerprint density at radius 3 is 2.75 bits per heavy atom. The summed E-state index contributed by atoms with van der Waals surface area (Å²) in [5.41, 5.74) is 7.08. The lowest BCUT2D eigenvalue weighted by Gasteiger charge is -2.37. The van der Waals surface area contributed by atoms with Crippen LogP contribution < -0.4 is 5.73 Å². The Kier molecular flexibility index (Phi) is 4.76. The second-order valence-corrected chi connectivity index (χ2v) is 7.18. The molecule has 1 aromatic heterocycles. The number of ether oxygens (including phenoxy) is 1. The first-order valence-electron chi connectivity index (χ1n) is 7.82. The molecule has 2 N–H and O–H groups in total. The molecule has 7 heteroatoms. The SMILES string of the molecule is Cn1cc(C2CN(C(=O)C(C)(N)c3ccc(Br)cc3)CCO2)cn1. The summed E-state index contributed by atoms with van der Waals surface area (Å²) in [5, 5.41) is 4.17. The molecule has 0 spiro atoms. The maximum atomic E-state index is 13.0. The zero-order valence-electron chi connectivity index (χ0n) is 13.8. The van der Waals surface area contributed by atoms with Crippen LogP contribution in [0.2, 0.25) is 0 Å². The van der Waals surface area contributed by atoms with Crippen LogP contribution in [-0.2, 0) is 22.1 Å². The molecule has 24 heavy (non-hydrogen) atoms. The van der Waals surface area contributed by atoms with Gasteiger partial charge in [0, 0.05) is 29.8 Å². The van der Waals surface area contributed by atoms with Gasteiger partial charge in [-0.3, -0.25) is 9.48 Å². The molecule has 2 atom stereocenters. The summed E-state index contributed by atoms with van der Waals surface area (Å²) >= 11 is 3.40. The lowest BCUT2D eigenvalue weighted by atomic mass is 9.91. The van der Waals surface area contributed by atoms with Crippen molar-refractivity contribution in [3.63, 3.8) is 0 Å². The van der Waals surface area contributed by atoms with Crippen LogP contribution in [0.25, 0.3) is 0 Å². The third-order valence-corrected chi connectivity index (χ3v) is 4.87. The largest absolute Gasteiger partial charge is 0.370 e. The maximum absolute atomic E-state index is 13.0. The first kappa shape index (κ1) is 17.1. The van der Waals surface area contributed by atoms with Crippen molar-refractivity contribution in [1.82, 2.24) is 14.7 Å². The number of amides is 1. The molecule has 0 radical (unpaired) electrons. The number of morpholine rings is 1. The third kappa shape index (κ3) is 3.38. The van der Waals surface area contributed by atoms with Gasteiger partial charge in [-0.05, 0) is 24.6 Å². The van der Waals surface area contributed by atoms with Gasteiger partial charge in [0.05, 0.1) is 19.3 Å². The highest BCUT2D eigenvalue weighted by Gasteiger charge is 2.37. The van der Waals surface area contributed by atoms with Crippen molar-refractivity contribution >= 4 is 21.8 Å². The number of nitrogens with two attached hydrogens (primary N) is 1. The van der Waals surface area contributed by atoms with Crippen molar-refractivity contribution in [2.45, 2.75) is 18.6 Å². The van der Waals surface area contributed by atoms with Crippen molar-refractivity contribution in [3.8, 4) is 0 Å². The highest BCUT2D eigenvalue weighted by Crippen LogP contribution is 2.27. The Bertz CT molecular complexity index is 726. The van der Waals surface area contributed by atoms with Crippen LogP contribution in [0.1, 0.15) is 24.2 Å². The molecule has 1 fully saturated rings. The lowest BCUT2D eigenvalue weighted by Crippen LogP contribution is -2.54. The first-order chi connectivity index (χ1) is 11.4. The van der Waals surface area contributed by atoms with Crippen LogP contribution in [0, 0.1) is 0 Å². The zero-order valence-corrected chi connectivity index (χ0v) is 15.4. The zero-order chi connectivity index (χ0) is 17.3. The predicted molar refractivity (Wildman–Crippen MR) is 94.2 cm³/mol. The Balaban J connectivity index is 1.77. The molecule has 1 aromatic carbocycles. The summed E-state index contributed by atoms with van der Waals surface area (Å²) in [5.74, 6) is -0.0954. The van der Waals surface area contributed by atoms with E-state index in [1.807, 2.05) is 37.5 Å². The first-order valence-corrected chi connectivity index (χ1v) is 8.61. The summed E-state index contributed by atoms with van der Waals surface area (Å²) < 4.78 is 8.48. The van der Waals surface area contributed by atoms with Gasteiger partial charge in [-0.1, -0.05) is 28.1 Å². The van der Waals surface area contributed by atoms with E-state index in [-0.39, 0.29) is 12.0 Å². The molecule has 3 rings (SSSR count). The molecule has 1 saturated heterocycles. The Morgan fingerprint density at radius 1 is 1.42 bits per heavy atom. The summed E-state index contributed by atoms with van der Waals surface area (Å²) in [6.07, 6.45) is 3.52. The van der Waals surface area contributed by atoms with E-state index in [1.54, 1.807) is 22.7 Å². The van der Waals surface area contributed by atoms with E-state index < -0.39 is 5.54 Å². The average molecular weight is 393 g/mol. The Hall–Kier alpha value is -1.70. The minimum absolute atomic E-state index is 0.0954. The topological polar surface area (TPSA) is 73.4 Å². The van der Waals surface area contributed by atoms with Crippen LogP contribution in [0.3, 0.4) is 0 Å². The number of aryl methyl sites for hydroxylation is 1. The van der Waals surface area contributed by atoms with E-state index in [9.17, 15) is 4.79 Å². The summed E-state index contributed by atoms with van der Waals surface area (Å²) in [4.78, 5) is 14.8. The molecule has 1 aliphatic heterocycles. The van der Waals surface area contributed by atoms with Gasteiger partial charge in [0.25, 0.3) is 0 Å². The lowest BCUT2D eigenvalue weighted by molar-refractivity contribution is -0.144. The normalized spacial score (nSPS) is 20.7. The molecule has 2 heterocycles. The highest BCUT2D eigenvalue weighted by atomic mass is 79.9. The number of aromatic nitrogens is 2. The molecular formula is C17H21BrN4O2. The number of halogens is 1. The fraction of sp³-hybridized carbons (Fsp3) is 0.412. The number of benzene rings is 1. The molecule has 128 valence electrons. The molecule has 1 amide bonds. The average Bonchev–Trinajstić information content (AvgIpc) is 3.01. The molecule has 1 aliphatic rings. The van der Waals surface area contributed by atoms with Gasteiger partial charge in [-0.2, -0.15) is 5.10 Å². The minimum Gasteiger partial charge on any atom is -0.370 e. The van der Waals surface area contributed by atoms with Crippen LogP contribution in [-0.4, -0.2) is 40.3 Å². The number of carbonyl (C=O) groups excluding carboxylic acids is 1. The fourth-order valence-corrected chi connectivity index (χ4v) is 3.15. The quantitative estimate of drug-likeness (QED) is 0.866. The van der Waals surface area contributed by atoms with Gasteiger partial charge in [-0.25, -0.2) is 0 Å². The van der Waals surface area contributed by atoms with Crippen molar-refractivity contribution in [1.29, 1.82) is 0 Å². The summed E-state index contributed by atoms with van der Waals surface area (Å²) in [7, 11) is 1.86. The molecule has 2 aromatic rings. The standard InChI is InChI=1S/C17H21BrN4O2/c1-17(19,13-3-5-14(18)6-4-13)16(23)22-7-8-24-15(11-22)12-9-20-21(2)10-12/h3-6,9-10,15H,7-8,11,19H2,1-2H3. The van der Waals surface area contributed by atoms with Gasteiger partial charge < -0.3 is 15.4 Å². The third-order valence-electron chi connectivity index (χ3n) is 4.34. The Labute approximate surface area is 149 Å². The molecule has 0 saturated carbocycles.